The Morgan fingerprint density at radius 1 is 1.38 bits per heavy atom. The summed E-state index contributed by atoms with van der Waals surface area (Å²) in [6.07, 6.45) is 2.14. The summed E-state index contributed by atoms with van der Waals surface area (Å²) in [6, 6.07) is 8.06. The van der Waals surface area contributed by atoms with Crippen LogP contribution in [0.4, 0.5) is 0 Å². The molecule has 1 aromatic carbocycles. The predicted octanol–water partition coefficient (Wildman–Crippen LogP) is 3.35. The minimum atomic E-state index is -0.750. The van der Waals surface area contributed by atoms with Gasteiger partial charge in [0.2, 0.25) is 0 Å². The first-order valence-electron chi connectivity index (χ1n) is 5.49. The molecule has 86 valence electrons. The first-order chi connectivity index (χ1) is 7.79. The van der Waals surface area contributed by atoms with E-state index >= 15 is 0 Å². The topological polar surface area (TPSA) is 30.0 Å². The smallest absolute Gasteiger partial charge is 0.106 e. The molecule has 1 aromatic heterocycles. The molecule has 0 saturated heterocycles. The summed E-state index contributed by atoms with van der Waals surface area (Å²) in [7, 11) is -0.750. The maximum absolute atomic E-state index is 11.7. The van der Waals surface area contributed by atoms with E-state index in [2.05, 4.69) is 18.0 Å². The van der Waals surface area contributed by atoms with Gasteiger partial charge in [-0.25, -0.2) is 4.98 Å². The Hall–Kier alpha value is -0.740. The largest absolute Gasteiger partial charge is 0.259 e. The molecule has 0 aliphatic carbocycles. The summed E-state index contributed by atoms with van der Waals surface area (Å²) in [5, 5.41) is 0.996. The Morgan fingerprint density at radius 2 is 2.19 bits per heavy atom. The average molecular weight is 253 g/mol. The fourth-order valence-electron chi connectivity index (χ4n) is 1.50. The predicted molar refractivity (Wildman–Crippen MR) is 71.2 cm³/mol. The maximum atomic E-state index is 11.7. The number of fused-ring (bicyclic) bond motifs is 1. The molecule has 1 unspecified atom stereocenters. The molecule has 0 aliphatic rings. The van der Waals surface area contributed by atoms with Crippen LogP contribution in [0.25, 0.3) is 10.2 Å². The van der Waals surface area contributed by atoms with Crippen molar-refractivity contribution in [3.63, 3.8) is 0 Å². The number of unbranched alkanes of at least 4 members (excludes halogenated alkanes) is 1. The van der Waals surface area contributed by atoms with Crippen molar-refractivity contribution >= 4 is 32.4 Å². The van der Waals surface area contributed by atoms with Gasteiger partial charge in [0.1, 0.15) is 5.01 Å². The maximum Gasteiger partial charge on any atom is 0.106 e. The zero-order valence-electron chi connectivity index (χ0n) is 9.31. The van der Waals surface area contributed by atoms with Crippen LogP contribution in [0.2, 0.25) is 0 Å². The second kappa shape index (κ2) is 5.55. The summed E-state index contributed by atoms with van der Waals surface area (Å²) in [5.74, 6) is 1.41. The van der Waals surface area contributed by atoms with Crippen molar-refractivity contribution in [3.05, 3.63) is 29.3 Å². The number of rotatable bonds is 5. The molecule has 1 heterocycles. The van der Waals surface area contributed by atoms with Crippen LogP contribution in [0.3, 0.4) is 0 Å². The van der Waals surface area contributed by atoms with Gasteiger partial charge in [-0.3, -0.25) is 4.21 Å². The van der Waals surface area contributed by atoms with E-state index in [1.165, 1.54) is 4.70 Å². The van der Waals surface area contributed by atoms with Crippen LogP contribution in [0.1, 0.15) is 24.8 Å². The molecular weight excluding hydrogens is 238 g/mol. The van der Waals surface area contributed by atoms with Gasteiger partial charge in [0.05, 0.1) is 16.0 Å². The Morgan fingerprint density at radius 3 is 2.94 bits per heavy atom. The molecule has 16 heavy (non-hydrogen) atoms. The molecule has 4 heteroatoms. The van der Waals surface area contributed by atoms with Crippen LogP contribution < -0.4 is 0 Å². The fraction of sp³-hybridized carbons (Fsp3) is 0.417. The van der Waals surface area contributed by atoms with Gasteiger partial charge in [0, 0.05) is 16.6 Å². The van der Waals surface area contributed by atoms with Crippen molar-refractivity contribution in [2.45, 2.75) is 25.5 Å². The lowest BCUT2D eigenvalue weighted by atomic mass is 10.3. The third-order valence-electron chi connectivity index (χ3n) is 2.35. The lowest BCUT2D eigenvalue weighted by molar-refractivity contribution is 0.679. The van der Waals surface area contributed by atoms with Crippen molar-refractivity contribution in [2.24, 2.45) is 0 Å². The van der Waals surface area contributed by atoms with Gasteiger partial charge in [0.25, 0.3) is 0 Å². The van der Waals surface area contributed by atoms with Gasteiger partial charge in [0.15, 0.2) is 0 Å². The van der Waals surface area contributed by atoms with Crippen LogP contribution >= 0.6 is 11.3 Å². The van der Waals surface area contributed by atoms with Gasteiger partial charge in [-0.05, 0) is 18.6 Å². The third-order valence-corrected chi connectivity index (χ3v) is 4.91. The highest BCUT2D eigenvalue weighted by Crippen LogP contribution is 2.22. The highest BCUT2D eigenvalue weighted by atomic mass is 32.2. The Kier molecular flexibility index (Phi) is 4.07. The van der Waals surface area contributed by atoms with E-state index < -0.39 is 10.8 Å². The zero-order valence-corrected chi connectivity index (χ0v) is 10.9. The molecule has 0 N–H and O–H groups in total. The number of para-hydroxylation sites is 1. The molecule has 0 aliphatic heterocycles. The first kappa shape index (κ1) is 11.7. The summed E-state index contributed by atoms with van der Waals surface area (Å²) in [4.78, 5) is 4.49. The lowest BCUT2D eigenvalue weighted by Crippen LogP contribution is -2.00. The van der Waals surface area contributed by atoms with Crippen molar-refractivity contribution in [1.29, 1.82) is 0 Å². The van der Waals surface area contributed by atoms with E-state index in [0.717, 1.165) is 29.1 Å². The second-order valence-electron chi connectivity index (χ2n) is 3.72. The Balaban J connectivity index is 2.07. The van der Waals surface area contributed by atoms with E-state index in [-0.39, 0.29) is 0 Å². The summed E-state index contributed by atoms with van der Waals surface area (Å²) >= 11 is 1.65. The molecule has 0 radical (unpaired) electrons. The third kappa shape index (κ3) is 2.89. The number of benzene rings is 1. The van der Waals surface area contributed by atoms with Gasteiger partial charge < -0.3 is 0 Å². The molecule has 2 nitrogen and oxygen atoms in total. The van der Waals surface area contributed by atoms with E-state index in [0.29, 0.717) is 5.75 Å². The number of nitrogens with zero attached hydrogens (tertiary/aromatic N) is 1. The number of hydrogen-bond donors (Lipinski definition) is 0. The van der Waals surface area contributed by atoms with Gasteiger partial charge in [-0.2, -0.15) is 0 Å². The monoisotopic (exact) mass is 253 g/mol. The van der Waals surface area contributed by atoms with Crippen molar-refractivity contribution in [2.75, 3.05) is 5.75 Å². The lowest BCUT2D eigenvalue weighted by Gasteiger charge is -1.96. The molecule has 2 rings (SSSR count). The summed E-state index contributed by atoms with van der Waals surface area (Å²) in [5.41, 5.74) is 1.02. The number of aromatic nitrogens is 1. The first-order valence-corrected chi connectivity index (χ1v) is 7.79. The summed E-state index contributed by atoms with van der Waals surface area (Å²) < 4.78 is 12.9. The van der Waals surface area contributed by atoms with Crippen LogP contribution in [-0.2, 0) is 16.6 Å². The minimum absolute atomic E-state index is 0.610. The fourth-order valence-corrected chi connectivity index (χ4v) is 3.98. The number of hydrogen-bond acceptors (Lipinski definition) is 3. The van der Waals surface area contributed by atoms with E-state index in [1.54, 1.807) is 11.3 Å². The van der Waals surface area contributed by atoms with Crippen LogP contribution in [0, 0.1) is 0 Å². The SMILES string of the molecule is CCCCS(=O)Cc1nc2ccccc2s1. The molecule has 2 aromatic rings. The van der Waals surface area contributed by atoms with E-state index in [1.807, 2.05) is 18.2 Å². The van der Waals surface area contributed by atoms with Gasteiger partial charge >= 0.3 is 0 Å². The standard InChI is InChI=1S/C12H15NOS2/c1-2-3-8-16(14)9-12-13-10-6-4-5-7-11(10)15-12/h4-7H,2-3,8-9H2,1H3. The van der Waals surface area contributed by atoms with Gasteiger partial charge in [-0.15, -0.1) is 11.3 Å². The average Bonchev–Trinajstić information content (AvgIpc) is 2.68. The zero-order chi connectivity index (χ0) is 11.4. The normalized spacial score (nSPS) is 13.1. The molecule has 0 bridgehead atoms. The van der Waals surface area contributed by atoms with Crippen LogP contribution in [0.15, 0.2) is 24.3 Å². The molecule has 0 spiro atoms. The highest BCUT2D eigenvalue weighted by molar-refractivity contribution is 7.84. The molecular formula is C12H15NOS2. The second-order valence-corrected chi connectivity index (χ2v) is 6.41. The van der Waals surface area contributed by atoms with Crippen molar-refractivity contribution in [1.82, 2.24) is 4.98 Å². The van der Waals surface area contributed by atoms with Gasteiger partial charge in [-0.1, -0.05) is 25.5 Å². The molecule has 1 atom stereocenters. The quantitative estimate of drug-likeness (QED) is 0.818. The summed E-state index contributed by atoms with van der Waals surface area (Å²) in [6.45, 7) is 2.12. The minimum Gasteiger partial charge on any atom is -0.259 e. The molecule has 0 amide bonds. The Bertz CT molecular complexity index is 459. The highest BCUT2D eigenvalue weighted by Gasteiger charge is 2.06. The van der Waals surface area contributed by atoms with E-state index in [9.17, 15) is 4.21 Å². The van der Waals surface area contributed by atoms with Crippen LogP contribution in [-0.4, -0.2) is 14.9 Å². The van der Waals surface area contributed by atoms with E-state index in [4.69, 9.17) is 0 Å². The van der Waals surface area contributed by atoms with Crippen molar-refractivity contribution in [3.8, 4) is 0 Å². The van der Waals surface area contributed by atoms with Crippen molar-refractivity contribution < 1.29 is 4.21 Å². The molecule has 0 saturated carbocycles. The number of thiazole rings is 1. The Labute approximate surface area is 102 Å². The molecule has 0 fully saturated rings. The van der Waals surface area contributed by atoms with Crippen LogP contribution in [0.5, 0.6) is 0 Å².